The van der Waals surface area contributed by atoms with Gasteiger partial charge in [-0.25, -0.2) is 4.79 Å². The van der Waals surface area contributed by atoms with Crippen LogP contribution in [0.5, 0.6) is 11.5 Å². The highest BCUT2D eigenvalue weighted by molar-refractivity contribution is 7.15. The monoisotopic (exact) mass is 592 g/mol. The largest absolute Gasteiger partial charge is 0.495 e. The van der Waals surface area contributed by atoms with Crippen molar-refractivity contribution >= 4 is 51.4 Å². The van der Waals surface area contributed by atoms with Crippen LogP contribution in [0.3, 0.4) is 0 Å². The molecule has 212 valence electrons. The highest BCUT2D eigenvalue weighted by Gasteiger charge is 2.23. The van der Waals surface area contributed by atoms with Crippen LogP contribution in [0.2, 0.25) is 5.02 Å². The topological polar surface area (TPSA) is 103 Å². The van der Waals surface area contributed by atoms with Gasteiger partial charge in [-0.2, -0.15) is 0 Å². The molecule has 0 aliphatic carbocycles. The molecule has 0 bridgehead atoms. The summed E-state index contributed by atoms with van der Waals surface area (Å²) in [6, 6.07) is 19.0. The van der Waals surface area contributed by atoms with Crippen molar-refractivity contribution in [1.29, 1.82) is 0 Å². The number of carbonyl (C=O) groups excluding carboxylic acids is 3. The second kappa shape index (κ2) is 13.3. The van der Waals surface area contributed by atoms with Crippen molar-refractivity contribution in [2.45, 2.75) is 26.9 Å². The molecule has 1 aromatic heterocycles. The summed E-state index contributed by atoms with van der Waals surface area (Å²) in [6.07, 6.45) is -0.850. The second-order valence-corrected chi connectivity index (χ2v) is 10.3. The van der Waals surface area contributed by atoms with Gasteiger partial charge in [0.05, 0.1) is 19.4 Å². The van der Waals surface area contributed by atoms with Crippen LogP contribution in [0.4, 0.5) is 10.7 Å². The van der Waals surface area contributed by atoms with Crippen LogP contribution in [0.1, 0.15) is 40.1 Å². The maximum atomic E-state index is 13.1. The number of esters is 1. The van der Waals surface area contributed by atoms with Crippen molar-refractivity contribution in [3.63, 3.8) is 0 Å². The minimum absolute atomic E-state index is 0.208. The van der Waals surface area contributed by atoms with E-state index >= 15 is 0 Å². The van der Waals surface area contributed by atoms with Crippen molar-refractivity contribution in [1.82, 2.24) is 0 Å². The molecule has 0 unspecified atom stereocenters. The van der Waals surface area contributed by atoms with Gasteiger partial charge in [0.15, 0.2) is 6.10 Å². The van der Waals surface area contributed by atoms with Crippen molar-refractivity contribution in [3.8, 4) is 22.6 Å². The summed E-state index contributed by atoms with van der Waals surface area (Å²) >= 11 is 7.29. The molecule has 4 aromatic rings. The van der Waals surface area contributed by atoms with Gasteiger partial charge in [-0.15, -0.1) is 11.3 Å². The Kier molecular flexibility index (Phi) is 9.65. The summed E-state index contributed by atoms with van der Waals surface area (Å²) < 4.78 is 16.3. The fourth-order valence-corrected chi connectivity index (χ4v) is 5.06. The summed E-state index contributed by atoms with van der Waals surface area (Å²) in [4.78, 5) is 38.6. The first-order valence-corrected chi connectivity index (χ1v) is 14.0. The first-order valence-electron chi connectivity index (χ1n) is 12.8. The van der Waals surface area contributed by atoms with Crippen LogP contribution in [0.15, 0.2) is 72.1 Å². The van der Waals surface area contributed by atoms with E-state index in [0.717, 1.165) is 11.1 Å². The summed E-state index contributed by atoms with van der Waals surface area (Å²) in [7, 11) is 1.50. The number of anilines is 2. The Morgan fingerprint density at radius 1 is 0.976 bits per heavy atom. The van der Waals surface area contributed by atoms with Crippen LogP contribution in [0, 0.1) is 6.92 Å². The maximum absolute atomic E-state index is 13.1. The number of nitrogens with one attached hydrogen (secondary N) is 2. The van der Waals surface area contributed by atoms with E-state index in [1.54, 1.807) is 56.3 Å². The minimum atomic E-state index is -0.850. The van der Waals surface area contributed by atoms with E-state index in [-0.39, 0.29) is 6.61 Å². The Labute approximate surface area is 247 Å². The number of halogens is 1. The zero-order chi connectivity index (χ0) is 29.5. The first-order chi connectivity index (χ1) is 19.7. The molecule has 1 heterocycles. The van der Waals surface area contributed by atoms with Gasteiger partial charge in [-0.05, 0) is 68.8 Å². The first kappa shape index (κ1) is 29.6. The lowest BCUT2D eigenvalue weighted by Crippen LogP contribution is -2.30. The molecule has 0 aliphatic heterocycles. The van der Waals surface area contributed by atoms with Gasteiger partial charge >= 0.3 is 5.97 Å². The van der Waals surface area contributed by atoms with E-state index in [1.807, 2.05) is 36.6 Å². The number of methoxy groups -OCH3 is 1. The number of amides is 2. The number of hydrogen-bond donors (Lipinski definition) is 2. The Morgan fingerprint density at radius 3 is 2.34 bits per heavy atom. The molecule has 0 fully saturated rings. The number of benzene rings is 3. The summed E-state index contributed by atoms with van der Waals surface area (Å²) in [5.41, 5.74) is 3.72. The number of aryl methyl sites for hydroxylation is 1. The van der Waals surface area contributed by atoms with Gasteiger partial charge in [0, 0.05) is 21.5 Å². The van der Waals surface area contributed by atoms with E-state index in [0.29, 0.717) is 43.9 Å². The predicted octanol–water partition coefficient (Wildman–Crippen LogP) is 7.22. The lowest BCUT2D eigenvalue weighted by Gasteiger charge is -2.16. The molecule has 0 saturated carbocycles. The van der Waals surface area contributed by atoms with Crippen LogP contribution >= 0.6 is 22.9 Å². The molecular formula is C31H29ClN2O6S. The molecule has 41 heavy (non-hydrogen) atoms. The van der Waals surface area contributed by atoms with E-state index in [9.17, 15) is 14.4 Å². The van der Waals surface area contributed by atoms with Crippen molar-refractivity contribution < 1.29 is 28.6 Å². The smallest absolute Gasteiger partial charge is 0.341 e. The predicted molar refractivity (Wildman–Crippen MR) is 162 cm³/mol. The Bertz CT molecular complexity index is 1550. The molecule has 1 atom stereocenters. The molecule has 2 N–H and O–H groups in total. The van der Waals surface area contributed by atoms with Crippen LogP contribution in [-0.4, -0.2) is 37.6 Å². The Balaban J connectivity index is 1.45. The molecule has 8 nitrogen and oxygen atoms in total. The minimum Gasteiger partial charge on any atom is -0.495 e. The van der Waals surface area contributed by atoms with Gasteiger partial charge in [0.25, 0.3) is 11.8 Å². The van der Waals surface area contributed by atoms with E-state index in [4.69, 9.17) is 25.8 Å². The summed E-state index contributed by atoms with van der Waals surface area (Å²) in [5, 5.41) is 8.26. The standard InChI is InChI=1S/C31H29ClN2O6S/c1-5-39-31(37)27-24(20-8-6-18(2)7-9-20)17-41-30(27)34-29(36)21-10-13-23(14-11-21)40-19(3)28(35)33-25-16-22(32)12-15-26(25)38-4/h6-17,19H,5H2,1-4H3,(H,33,35)(H,34,36)/t19-/m1/s1. The molecule has 2 amide bonds. The molecule has 3 aromatic carbocycles. The molecular weight excluding hydrogens is 564 g/mol. The molecule has 0 aliphatic rings. The van der Waals surface area contributed by atoms with E-state index < -0.39 is 23.9 Å². The quantitative estimate of drug-likeness (QED) is 0.188. The van der Waals surface area contributed by atoms with Gasteiger partial charge in [-0.1, -0.05) is 41.4 Å². The zero-order valence-corrected chi connectivity index (χ0v) is 24.5. The van der Waals surface area contributed by atoms with Crippen molar-refractivity contribution in [2.75, 3.05) is 24.4 Å². The van der Waals surface area contributed by atoms with E-state index in [1.165, 1.54) is 18.4 Å². The number of carbonyl (C=O) groups is 3. The summed E-state index contributed by atoms with van der Waals surface area (Å²) in [6.45, 7) is 5.53. The van der Waals surface area contributed by atoms with Gasteiger partial charge in [-0.3, -0.25) is 9.59 Å². The van der Waals surface area contributed by atoms with Crippen LogP contribution < -0.4 is 20.1 Å². The van der Waals surface area contributed by atoms with Crippen LogP contribution in [0.25, 0.3) is 11.1 Å². The number of hydrogen-bond acceptors (Lipinski definition) is 7. The zero-order valence-electron chi connectivity index (χ0n) is 22.9. The highest BCUT2D eigenvalue weighted by atomic mass is 35.5. The van der Waals surface area contributed by atoms with Crippen LogP contribution in [-0.2, 0) is 9.53 Å². The lowest BCUT2D eigenvalue weighted by molar-refractivity contribution is -0.122. The fraction of sp³-hybridized carbons (Fsp3) is 0.194. The fourth-order valence-electron chi connectivity index (χ4n) is 3.93. The van der Waals surface area contributed by atoms with Crippen molar-refractivity contribution in [2.24, 2.45) is 0 Å². The molecule has 10 heteroatoms. The lowest BCUT2D eigenvalue weighted by atomic mass is 10.0. The molecule has 4 rings (SSSR count). The SMILES string of the molecule is CCOC(=O)c1c(-c2ccc(C)cc2)csc1NC(=O)c1ccc(O[C@H](C)C(=O)Nc2cc(Cl)ccc2OC)cc1. The Morgan fingerprint density at radius 2 is 1.68 bits per heavy atom. The third-order valence-electron chi connectivity index (χ3n) is 6.08. The third-order valence-corrected chi connectivity index (χ3v) is 7.21. The number of rotatable bonds is 10. The van der Waals surface area contributed by atoms with Gasteiger partial charge in [0.1, 0.15) is 22.1 Å². The second-order valence-electron chi connectivity index (χ2n) is 9.01. The van der Waals surface area contributed by atoms with Crippen molar-refractivity contribution in [3.05, 3.63) is 93.8 Å². The molecule has 0 radical (unpaired) electrons. The summed E-state index contributed by atoms with van der Waals surface area (Å²) in [5.74, 6) is -0.453. The van der Waals surface area contributed by atoms with Gasteiger partial charge in [0.2, 0.25) is 0 Å². The highest BCUT2D eigenvalue weighted by Crippen LogP contribution is 2.37. The molecule has 0 saturated heterocycles. The van der Waals surface area contributed by atoms with Gasteiger partial charge < -0.3 is 24.8 Å². The number of thiophene rings is 1. The maximum Gasteiger partial charge on any atom is 0.341 e. The third kappa shape index (κ3) is 7.25. The average Bonchev–Trinajstić information content (AvgIpc) is 3.37. The normalized spacial score (nSPS) is 11.3. The van der Waals surface area contributed by atoms with E-state index in [2.05, 4.69) is 10.6 Å². The molecule has 0 spiro atoms. The average molecular weight is 593 g/mol. The Hall–Kier alpha value is -4.34. The number of ether oxygens (including phenoxy) is 3.